The fourth-order valence-electron chi connectivity index (χ4n) is 3.33. The van der Waals surface area contributed by atoms with Crippen LogP contribution in [0, 0.1) is 0 Å². The fraction of sp³-hybridized carbons (Fsp3) is 0.154. The summed E-state index contributed by atoms with van der Waals surface area (Å²) in [6.07, 6.45) is 0.594. The minimum atomic E-state index is -1.06. The molecule has 0 saturated heterocycles. The van der Waals surface area contributed by atoms with E-state index < -0.39 is 24.3 Å². The van der Waals surface area contributed by atoms with Crippen molar-refractivity contribution in [3.05, 3.63) is 97.9 Å². The highest BCUT2D eigenvalue weighted by Crippen LogP contribution is 2.40. The zero-order chi connectivity index (χ0) is 26.1. The lowest BCUT2D eigenvalue weighted by Crippen LogP contribution is -2.31. The Balaban J connectivity index is 1.96. The molecule has 0 aliphatic rings. The first kappa shape index (κ1) is 27.8. The van der Waals surface area contributed by atoms with Crippen LogP contribution in [0.4, 0.5) is 10.5 Å². The van der Waals surface area contributed by atoms with Crippen LogP contribution in [0.15, 0.2) is 92.3 Å². The number of aromatic hydroxyl groups is 1. The van der Waals surface area contributed by atoms with E-state index in [0.717, 1.165) is 10.5 Å². The molecule has 3 rings (SSSR count). The molecule has 0 spiro atoms. The molecule has 0 heterocycles. The van der Waals surface area contributed by atoms with E-state index >= 15 is 0 Å². The number of amides is 1. The molecule has 3 aromatic rings. The van der Waals surface area contributed by atoms with Crippen LogP contribution in [-0.4, -0.2) is 28.4 Å². The Morgan fingerprint density at radius 1 is 0.972 bits per heavy atom. The van der Waals surface area contributed by atoms with Crippen LogP contribution in [0.3, 0.4) is 0 Å². The van der Waals surface area contributed by atoms with Crippen molar-refractivity contribution in [2.75, 3.05) is 5.32 Å². The highest BCUT2D eigenvalue weighted by Gasteiger charge is 2.32. The van der Waals surface area contributed by atoms with Gasteiger partial charge in [0, 0.05) is 26.3 Å². The first-order valence-corrected chi connectivity index (χ1v) is 13.1. The maximum Gasteiger partial charge on any atom is 0.412 e. The van der Waals surface area contributed by atoms with Crippen LogP contribution in [0.2, 0.25) is 0 Å². The number of carboxylic acids is 1. The summed E-state index contributed by atoms with van der Waals surface area (Å²) < 4.78 is 14.0. The quantitative estimate of drug-likeness (QED) is 0.188. The van der Waals surface area contributed by atoms with E-state index in [-0.39, 0.29) is 5.75 Å². The summed E-state index contributed by atoms with van der Waals surface area (Å²) in [6.45, 7) is 0. The smallest absolute Gasteiger partial charge is 0.412 e. The SMILES string of the molecule is O=C(O)/C=C/CC[C@H](Oc1ccccc1)[C@@H](OC(=O)Nc1ccc(Br)cc1)c1cc(Br)cc(Br)c1O. The zero-order valence-corrected chi connectivity index (χ0v) is 23.5. The first-order valence-electron chi connectivity index (χ1n) is 10.7. The van der Waals surface area contributed by atoms with Gasteiger partial charge in [-0.1, -0.05) is 56.1 Å². The van der Waals surface area contributed by atoms with Crippen molar-refractivity contribution in [2.24, 2.45) is 0 Å². The molecule has 0 aromatic heterocycles. The van der Waals surface area contributed by atoms with Crippen LogP contribution in [0.25, 0.3) is 0 Å². The average molecular weight is 684 g/mol. The van der Waals surface area contributed by atoms with E-state index in [1.54, 1.807) is 60.7 Å². The Morgan fingerprint density at radius 3 is 2.33 bits per heavy atom. The van der Waals surface area contributed by atoms with Crippen LogP contribution in [0.1, 0.15) is 24.5 Å². The lowest BCUT2D eigenvalue weighted by Gasteiger charge is -2.29. The maximum absolute atomic E-state index is 12.9. The number of allylic oxidation sites excluding steroid dienone is 1. The number of carbonyl (C=O) groups is 2. The van der Waals surface area contributed by atoms with Gasteiger partial charge in [0.1, 0.15) is 17.6 Å². The van der Waals surface area contributed by atoms with Crippen molar-refractivity contribution in [3.8, 4) is 11.5 Å². The number of hydrogen-bond donors (Lipinski definition) is 3. The summed E-state index contributed by atoms with van der Waals surface area (Å²) in [5, 5.41) is 22.5. The average Bonchev–Trinajstić information content (AvgIpc) is 2.84. The number of halogens is 3. The van der Waals surface area contributed by atoms with Gasteiger partial charge in [-0.05, 0) is 77.3 Å². The Bertz CT molecular complexity index is 1220. The van der Waals surface area contributed by atoms with Gasteiger partial charge in [-0.25, -0.2) is 9.59 Å². The topological polar surface area (TPSA) is 105 Å². The number of carboxylic acid groups (broad SMARTS) is 1. The third-order valence-corrected chi connectivity index (χ3v) is 6.53. The molecule has 2 atom stereocenters. The molecule has 188 valence electrons. The molecule has 0 unspecified atom stereocenters. The minimum Gasteiger partial charge on any atom is -0.506 e. The highest BCUT2D eigenvalue weighted by atomic mass is 79.9. The number of rotatable bonds is 10. The van der Waals surface area contributed by atoms with E-state index in [4.69, 9.17) is 14.6 Å². The van der Waals surface area contributed by atoms with Crippen LogP contribution in [-0.2, 0) is 9.53 Å². The van der Waals surface area contributed by atoms with Crippen molar-refractivity contribution >= 4 is 65.5 Å². The molecule has 1 amide bonds. The summed E-state index contributed by atoms with van der Waals surface area (Å²) >= 11 is 10.1. The van der Waals surface area contributed by atoms with E-state index in [1.807, 2.05) is 6.07 Å². The Morgan fingerprint density at radius 2 is 1.67 bits per heavy atom. The molecule has 0 radical (unpaired) electrons. The molecule has 0 aliphatic heterocycles. The number of benzene rings is 3. The van der Waals surface area contributed by atoms with Crippen LogP contribution < -0.4 is 10.1 Å². The number of nitrogens with one attached hydrogen (secondary N) is 1. The Kier molecular flexibility index (Phi) is 10.4. The number of ether oxygens (including phenoxy) is 2. The third-order valence-electron chi connectivity index (χ3n) is 4.94. The number of hydrogen-bond acceptors (Lipinski definition) is 5. The molecule has 7 nitrogen and oxygen atoms in total. The molecular weight excluding hydrogens is 662 g/mol. The summed E-state index contributed by atoms with van der Waals surface area (Å²) in [4.78, 5) is 23.8. The van der Waals surface area contributed by atoms with Gasteiger partial charge in [-0.2, -0.15) is 0 Å². The number of aliphatic carboxylic acids is 1. The number of carbonyl (C=O) groups excluding carboxylic acids is 1. The summed E-state index contributed by atoms with van der Waals surface area (Å²) in [6, 6.07) is 19.3. The molecule has 36 heavy (non-hydrogen) atoms. The number of anilines is 1. The number of para-hydroxylation sites is 1. The van der Waals surface area contributed by atoms with Gasteiger partial charge in [0.05, 0.1) is 4.47 Å². The maximum atomic E-state index is 12.9. The molecule has 3 aromatic carbocycles. The largest absolute Gasteiger partial charge is 0.506 e. The number of phenols is 1. The van der Waals surface area contributed by atoms with Crippen LogP contribution >= 0.6 is 47.8 Å². The fourth-order valence-corrected chi connectivity index (χ4v) is 4.85. The summed E-state index contributed by atoms with van der Waals surface area (Å²) in [5.41, 5.74) is 0.830. The van der Waals surface area contributed by atoms with Gasteiger partial charge in [-0.15, -0.1) is 0 Å². The lowest BCUT2D eigenvalue weighted by atomic mass is 9.99. The van der Waals surface area contributed by atoms with Crippen molar-refractivity contribution in [1.29, 1.82) is 0 Å². The van der Waals surface area contributed by atoms with Gasteiger partial charge in [-0.3, -0.25) is 5.32 Å². The van der Waals surface area contributed by atoms with Gasteiger partial charge < -0.3 is 19.7 Å². The van der Waals surface area contributed by atoms with Crippen molar-refractivity contribution < 1.29 is 29.3 Å². The molecule has 0 aliphatic carbocycles. The summed E-state index contributed by atoms with van der Waals surface area (Å²) in [7, 11) is 0. The Hall–Kier alpha value is -2.82. The Labute approximate surface area is 233 Å². The standard InChI is InChI=1S/C26H22Br3NO6/c27-16-10-12-18(13-11-16)30-26(34)36-25(20-14-17(28)15-21(29)24(20)33)22(8-4-5-9-23(31)32)35-19-6-2-1-3-7-19/h1-3,5-7,9-15,22,25,33H,4,8H2,(H,30,34)(H,31,32)/b9-5+/t22-,25-/m0/s1. The van der Waals surface area contributed by atoms with Gasteiger partial charge in [0.25, 0.3) is 0 Å². The van der Waals surface area contributed by atoms with Gasteiger partial charge in [0.15, 0.2) is 6.10 Å². The highest BCUT2D eigenvalue weighted by molar-refractivity contribution is 9.11. The molecule has 3 N–H and O–H groups in total. The van der Waals surface area contributed by atoms with E-state index in [2.05, 4.69) is 53.1 Å². The van der Waals surface area contributed by atoms with Crippen molar-refractivity contribution in [2.45, 2.75) is 25.0 Å². The van der Waals surface area contributed by atoms with Crippen LogP contribution in [0.5, 0.6) is 11.5 Å². The van der Waals surface area contributed by atoms with E-state index in [0.29, 0.717) is 38.8 Å². The molecule has 10 heteroatoms. The molecule has 0 saturated carbocycles. The lowest BCUT2D eigenvalue weighted by molar-refractivity contribution is -0.131. The monoisotopic (exact) mass is 681 g/mol. The normalized spacial score (nSPS) is 12.6. The second kappa shape index (κ2) is 13.5. The van der Waals surface area contributed by atoms with Crippen molar-refractivity contribution in [3.63, 3.8) is 0 Å². The van der Waals surface area contributed by atoms with E-state index in [9.17, 15) is 14.7 Å². The minimum absolute atomic E-state index is 0.109. The summed E-state index contributed by atoms with van der Waals surface area (Å²) in [5.74, 6) is -0.645. The van der Waals surface area contributed by atoms with Gasteiger partial charge >= 0.3 is 12.1 Å². The van der Waals surface area contributed by atoms with Gasteiger partial charge in [0.2, 0.25) is 0 Å². The second-order valence-electron chi connectivity index (χ2n) is 7.57. The number of phenolic OH excluding ortho intramolecular Hbond substituents is 1. The first-order chi connectivity index (χ1) is 17.2. The van der Waals surface area contributed by atoms with Crippen molar-refractivity contribution in [1.82, 2.24) is 0 Å². The molecule has 0 bridgehead atoms. The molecular formula is C26H22Br3NO6. The van der Waals surface area contributed by atoms with E-state index in [1.165, 1.54) is 6.08 Å². The zero-order valence-electron chi connectivity index (χ0n) is 18.7. The second-order valence-corrected chi connectivity index (χ2v) is 10.3. The predicted octanol–water partition coefficient (Wildman–Crippen LogP) is 7.84. The predicted molar refractivity (Wildman–Crippen MR) is 147 cm³/mol. The third kappa shape index (κ3) is 8.39. The molecule has 0 fully saturated rings.